The van der Waals surface area contributed by atoms with Crippen molar-refractivity contribution in [2.24, 2.45) is 0 Å². The molecule has 0 saturated heterocycles. The number of aryl methyl sites for hydroxylation is 1. The van der Waals surface area contributed by atoms with Gasteiger partial charge in [-0.25, -0.2) is 15.0 Å². The molecule has 0 saturated carbocycles. The summed E-state index contributed by atoms with van der Waals surface area (Å²) in [5.41, 5.74) is 7.34. The maximum absolute atomic E-state index is 13.6. The number of nitrogens with one attached hydrogen (secondary N) is 1. The van der Waals surface area contributed by atoms with Crippen LogP contribution in [0, 0.1) is 6.92 Å². The van der Waals surface area contributed by atoms with E-state index in [1.54, 1.807) is 25.1 Å². The molecule has 0 aliphatic carbocycles. The van der Waals surface area contributed by atoms with Crippen molar-refractivity contribution in [1.29, 1.82) is 0 Å². The zero-order valence-corrected chi connectivity index (χ0v) is 19.0. The maximum atomic E-state index is 13.6. The van der Waals surface area contributed by atoms with E-state index < -0.39 is 6.04 Å². The van der Waals surface area contributed by atoms with E-state index in [1.165, 1.54) is 10.9 Å². The Labute approximate surface area is 198 Å². The summed E-state index contributed by atoms with van der Waals surface area (Å²) in [6.45, 7) is 3.54. The Balaban J connectivity index is 1.68. The fraction of sp³-hybridized carbons (Fsp3) is 0.130. The molecule has 5 aromatic rings. The molecule has 1 atom stereocenters. The van der Waals surface area contributed by atoms with Gasteiger partial charge in [0.15, 0.2) is 0 Å². The normalized spacial score (nSPS) is 12.1. The first-order valence-corrected chi connectivity index (χ1v) is 10.8. The average Bonchev–Trinajstić information content (AvgIpc) is 3.25. The standard InChI is InChI=1S/C23H19ClN8O2/c1-12(28-20-18(19(25)26-11-27-20)22-31-30-13(2)34-22)21-29-16-10-6-9-15(24)17(16)23(33)32(21)14-7-4-3-5-8-14/h3-12H,1-2H3,(H3,25,26,27,28)/t12-/m0/s1. The summed E-state index contributed by atoms with van der Waals surface area (Å²) in [6, 6.07) is 13.9. The van der Waals surface area contributed by atoms with Crippen LogP contribution in [-0.2, 0) is 0 Å². The number of rotatable bonds is 5. The Kier molecular flexibility index (Phi) is 5.42. The number of hydrogen-bond acceptors (Lipinski definition) is 9. The molecule has 0 spiro atoms. The number of fused-ring (bicyclic) bond motifs is 1. The molecule has 0 radical (unpaired) electrons. The zero-order valence-electron chi connectivity index (χ0n) is 18.2. The summed E-state index contributed by atoms with van der Waals surface area (Å²) in [6.07, 6.45) is 1.33. The van der Waals surface area contributed by atoms with E-state index in [-0.39, 0.29) is 17.3 Å². The number of anilines is 2. The fourth-order valence-corrected chi connectivity index (χ4v) is 3.96. The average molecular weight is 475 g/mol. The van der Waals surface area contributed by atoms with Crippen LogP contribution in [0.2, 0.25) is 5.02 Å². The molecule has 0 aliphatic heterocycles. The van der Waals surface area contributed by atoms with E-state index in [0.29, 0.717) is 44.7 Å². The second kappa shape index (κ2) is 8.56. The van der Waals surface area contributed by atoms with Crippen LogP contribution < -0.4 is 16.6 Å². The Bertz CT molecular complexity index is 1570. The first kappa shape index (κ1) is 21.5. The highest BCUT2D eigenvalue weighted by Gasteiger charge is 2.23. The van der Waals surface area contributed by atoms with Crippen molar-refractivity contribution in [3.8, 4) is 17.1 Å². The van der Waals surface area contributed by atoms with Gasteiger partial charge in [-0.2, -0.15) is 0 Å². The quantitative estimate of drug-likeness (QED) is 0.387. The van der Waals surface area contributed by atoms with Crippen LogP contribution in [0.3, 0.4) is 0 Å². The summed E-state index contributed by atoms with van der Waals surface area (Å²) in [5, 5.41) is 11.9. The monoisotopic (exact) mass is 474 g/mol. The van der Waals surface area contributed by atoms with E-state index >= 15 is 0 Å². The smallest absolute Gasteiger partial charge is 0.267 e. The Morgan fingerprint density at radius 3 is 2.62 bits per heavy atom. The number of para-hydroxylation sites is 1. The number of aromatic nitrogens is 6. The van der Waals surface area contributed by atoms with Crippen LogP contribution >= 0.6 is 11.6 Å². The predicted molar refractivity (Wildman–Crippen MR) is 129 cm³/mol. The predicted octanol–water partition coefficient (Wildman–Crippen LogP) is 3.94. The van der Waals surface area contributed by atoms with Crippen LogP contribution in [0.5, 0.6) is 0 Å². The molecule has 5 rings (SSSR count). The third kappa shape index (κ3) is 3.73. The number of hydrogen-bond donors (Lipinski definition) is 2. The van der Waals surface area contributed by atoms with Crippen LogP contribution in [0.1, 0.15) is 24.7 Å². The lowest BCUT2D eigenvalue weighted by Crippen LogP contribution is -2.27. The lowest BCUT2D eigenvalue weighted by atomic mass is 10.2. The summed E-state index contributed by atoms with van der Waals surface area (Å²) >= 11 is 6.37. The van der Waals surface area contributed by atoms with Gasteiger partial charge in [-0.05, 0) is 31.2 Å². The van der Waals surface area contributed by atoms with Gasteiger partial charge in [0.25, 0.3) is 11.4 Å². The second-order valence-electron chi connectivity index (χ2n) is 7.55. The van der Waals surface area contributed by atoms with E-state index in [0.717, 1.165) is 0 Å². The van der Waals surface area contributed by atoms with Crippen molar-refractivity contribution in [3.63, 3.8) is 0 Å². The van der Waals surface area contributed by atoms with Gasteiger partial charge in [-0.3, -0.25) is 9.36 Å². The molecule has 0 amide bonds. The minimum Gasteiger partial charge on any atom is -0.421 e. The molecular weight excluding hydrogens is 456 g/mol. The van der Waals surface area contributed by atoms with Crippen molar-refractivity contribution in [3.05, 3.63) is 81.9 Å². The van der Waals surface area contributed by atoms with Crippen molar-refractivity contribution >= 4 is 34.1 Å². The summed E-state index contributed by atoms with van der Waals surface area (Å²) in [7, 11) is 0. The molecule has 11 heteroatoms. The van der Waals surface area contributed by atoms with Crippen molar-refractivity contribution in [2.75, 3.05) is 11.1 Å². The van der Waals surface area contributed by atoms with Gasteiger partial charge >= 0.3 is 0 Å². The Morgan fingerprint density at radius 1 is 1.09 bits per heavy atom. The molecule has 3 heterocycles. The Morgan fingerprint density at radius 2 is 1.88 bits per heavy atom. The van der Waals surface area contributed by atoms with Gasteiger partial charge in [0, 0.05) is 6.92 Å². The molecule has 0 fully saturated rings. The molecule has 0 aliphatic rings. The zero-order chi connectivity index (χ0) is 23.8. The SMILES string of the molecule is Cc1nnc(-c2c(N)ncnc2N[C@@H](C)c2nc3cccc(Cl)c3c(=O)n2-c2ccccc2)o1. The van der Waals surface area contributed by atoms with E-state index in [2.05, 4.69) is 25.5 Å². The molecular formula is C23H19ClN8O2. The highest BCUT2D eigenvalue weighted by Crippen LogP contribution is 2.32. The lowest BCUT2D eigenvalue weighted by molar-refractivity contribution is 0.532. The number of nitrogens with two attached hydrogens (primary N) is 1. The largest absolute Gasteiger partial charge is 0.421 e. The van der Waals surface area contributed by atoms with Crippen molar-refractivity contribution < 1.29 is 4.42 Å². The summed E-state index contributed by atoms with van der Waals surface area (Å²) < 4.78 is 7.09. The van der Waals surface area contributed by atoms with Crippen LogP contribution in [0.25, 0.3) is 28.0 Å². The van der Waals surface area contributed by atoms with Gasteiger partial charge in [-0.15, -0.1) is 10.2 Å². The van der Waals surface area contributed by atoms with Crippen LogP contribution in [0.4, 0.5) is 11.6 Å². The molecule has 0 unspecified atom stereocenters. The molecule has 170 valence electrons. The lowest BCUT2D eigenvalue weighted by Gasteiger charge is -2.21. The second-order valence-corrected chi connectivity index (χ2v) is 7.96. The molecule has 3 aromatic heterocycles. The molecule has 3 N–H and O–H groups in total. The number of benzene rings is 2. The van der Waals surface area contributed by atoms with E-state index in [9.17, 15) is 4.79 Å². The van der Waals surface area contributed by atoms with Gasteiger partial charge < -0.3 is 15.5 Å². The molecule has 2 aromatic carbocycles. The van der Waals surface area contributed by atoms with Gasteiger partial charge in [0.2, 0.25) is 5.89 Å². The third-order valence-corrected chi connectivity index (χ3v) is 5.56. The molecule has 0 bridgehead atoms. The minimum absolute atomic E-state index is 0.173. The van der Waals surface area contributed by atoms with Crippen molar-refractivity contribution in [1.82, 2.24) is 29.7 Å². The third-order valence-electron chi connectivity index (χ3n) is 5.24. The summed E-state index contributed by atoms with van der Waals surface area (Å²) in [5.74, 6) is 1.55. The number of halogens is 1. The molecule has 10 nitrogen and oxygen atoms in total. The highest BCUT2D eigenvalue weighted by molar-refractivity contribution is 6.35. The summed E-state index contributed by atoms with van der Waals surface area (Å²) in [4.78, 5) is 26.8. The fourth-order valence-electron chi connectivity index (χ4n) is 3.71. The highest BCUT2D eigenvalue weighted by atomic mass is 35.5. The van der Waals surface area contributed by atoms with Gasteiger partial charge in [0.1, 0.15) is 29.4 Å². The first-order chi connectivity index (χ1) is 16.4. The van der Waals surface area contributed by atoms with Crippen LogP contribution in [0.15, 0.2) is 64.1 Å². The van der Waals surface area contributed by atoms with Crippen LogP contribution in [-0.4, -0.2) is 29.7 Å². The Hall–Kier alpha value is -4.31. The number of nitrogens with zero attached hydrogens (tertiary/aromatic N) is 6. The maximum Gasteiger partial charge on any atom is 0.267 e. The van der Waals surface area contributed by atoms with Crippen molar-refractivity contribution in [2.45, 2.75) is 19.9 Å². The molecule has 34 heavy (non-hydrogen) atoms. The van der Waals surface area contributed by atoms with Gasteiger partial charge in [-0.1, -0.05) is 35.9 Å². The number of nitrogen functional groups attached to an aromatic ring is 1. The van der Waals surface area contributed by atoms with E-state index in [4.69, 9.17) is 26.7 Å². The van der Waals surface area contributed by atoms with Gasteiger partial charge in [0.05, 0.1) is 27.7 Å². The van der Waals surface area contributed by atoms with E-state index in [1.807, 2.05) is 37.3 Å². The first-order valence-electron chi connectivity index (χ1n) is 10.4. The topological polar surface area (TPSA) is 138 Å². The minimum atomic E-state index is -0.492.